The Morgan fingerprint density at radius 1 is 1.46 bits per heavy atom. The van der Waals surface area contributed by atoms with Gasteiger partial charge in [0, 0.05) is 12.5 Å². The van der Waals surface area contributed by atoms with Gasteiger partial charge in [0.05, 0.1) is 0 Å². The Morgan fingerprint density at radius 2 is 2.08 bits per heavy atom. The minimum atomic E-state index is -0.210. The van der Waals surface area contributed by atoms with E-state index in [9.17, 15) is 4.79 Å². The zero-order valence-corrected chi connectivity index (χ0v) is 8.97. The molecule has 0 aromatic rings. The molecule has 2 atom stereocenters. The minimum absolute atomic E-state index is 0.210. The van der Waals surface area contributed by atoms with Crippen molar-refractivity contribution in [1.29, 1.82) is 0 Å². The van der Waals surface area contributed by atoms with Crippen LogP contribution in [-0.2, 0) is 4.79 Å². The Hall–Kier alpha value is -0.570. The second-order valence-electron chi connectivity index (χ2n) is 3.70. The van der Waals surface area contributed by atoms with E-state index in [0.29, 0.717) is 18.4 Å². The minimum Gasteiger partial charge on any atom is -0.370 e. The first-order valence-corrected chi connectivity index (χ1v) is 5.09. The highest BCUT2D eigenvalue weighted by molar-refractivity contribution is 5.73. The van der Waals surface area contributed by atoms with Gasteiger partial charge in [0.2, 0.25) is 5.91 Å². The van der Waals surface area contributed by atoms with Gasteiger partial charge < -0.3 is 11.1 Å². The van der Waals surface area contributed by atoms with E-state index in [1.807, 2.05) is 0 Å². The molecule has 13 heavy (non-hydrogen) atoms. The summed E-state index contributed by atoms with van der Waals surface area (Å²) < 4.78 is 0. The molecule has 0 heterocycles. The lowest BCUT2D eigenvalue weighted by Crippen LogP contribution is -2.33. The molecule has 0 fully saturated rings. The lowest BCUT2D eigenvalue weighted by atomic mass is 10.0. The molecule has 0 aliphatic rings. The average Bonchev–Trinajstić information content (AvgIpc) is 2.10. The Bertz CT molecular complexity index is 148. The number of nitrogens with one attached hydrogen (secondary N) is 1. The number of amides is 1. The maximum Gasteiger partial charge on any atom is 0.217 e. The Balaban J connectivity index is 3.36. The molecule has 1 amide bonds. The van der Waals surface area contributed by atoms with Gasteiger partial charge in [0.25, 0.3) is 0 Å². The van der Waals surface area contributed by atoms with Crippen LogP contribution in [0, 0.1) is 5.92 Å². The fourth-order valence-electron chi connectivity index (χ4n) is 1.15. The monoisotopic (exact) mass is 186 g/mol. The number of hydrogen-bond acceptors (Lipinski definition) is 2. The van der Waals surface area contributed by atoms with E-state index in [-0.39, 0.29) is 5.91 Å². The molecule has 78 valence electrons. The number of carbonyl (C=O) groups excluding carboxylic acids is 1. The summed E-state index contributed by atoms with van der Waals surface area (Å²) in [4.78, 5) is 10.4. The molecule has 0 aromatic carbocycles. The molecule has 0 radical (unpaired) electrons. The van der Waals surface area contributed by atoms with E-state index in [2.05, 4.69) is 26.1 Å². The Kier molecular flexibility index (Phi) is 6.59. The molecule has 2 unspecified atom stereocenters. The van der Waals surface area contributed by atoms with Crippen molar-refractivity contribution in [2.24, 2.45) is 11.7 Å². The van der Waals surface area contributed by atoms with Crippen LogP contribution in [0.5, 0.6) is 0 Å². The quantitative estimate of drug-likeness (QED) is 0.588. The van der Waals surface area contributed by atoms with E-state index in [1.165, 1.54) is 6.42 Å². The Labute approximate surface area is 81.1 Å². The van der Waals surface area contributed by atoms with Crippen molar-refractivity contribution in [3.8, 4) is 0 Å². The molecule has 3 N–H and O–H groups in total. The van der Waals surface area contributed by atoms with Crippen LogP contribution in [0.1, 0.15) is 40.0 Å². The van der Waals surface area contributed by atoms with Gasteiger partial charge in [0.1, 0.15) is 0 Å². The molecule has 0 aromatic heterocycles. The van der Waals surface area contributed by atoms with Gasteiger partial charge in [0.15, 0.2) is 0 Å². The molecular weight excluding hydrogens is 164 g/mol. The van der Waals surface area contributed by atoms with E-state index >= 15 is 0 Å². The number of nitrogens with two attached hydrogens (primary N) is 1. The van der Waals surface area contributed by atoms with E-state index < -0.39 is 0 Å². The molecule has 0 aliphatic heterocycles. The average molecular weight is 186 g/mol. The van der Waals surface area contributed by atoms with E-state index in [4.69, 9.17) is 5.73 Å². The van der Waals surface area contributed by atoms with Gasteiger partial charge in [-0.25, -0.2) is 0 Å². The summed E-state index contributed by atoms with van der Waals surface area (Å²) in [5.41, 5.74) is 5.03. The van der Waals surface area contributed by atoms with Crippen LogP contribution < -0.4 is 11.1 Å². The molecule has 0 rings (SSSR count). The van der Waals surface area contributed by atoms with E-state index in [1.54, 1.807) is 0 Å². The van der Waals surface area contributed by atoms with Crippen molar-refractivity contribution in [2.75, 3.05) is 6.54 Å². The normalized spacial score (nSPS) is 15.3. The summed E-state index contributed by atoms with van der Waals surface area (Å²) in [5, 5.41) is 3.38. The second kappa shape index (κ2) is 6.89. The zero-order valence-electron chi connectivity index (χ0n) is 8.97. The van der Waals surface area contributed by atoms with Crippen molar-refractivity contribution in [3.05, 3.63) is 0 Å². The lowest BCUT2D eigenvalue weighted by molar-refractivity contribution is -0.118. The van der Waals surface area contributed by atoms with Crippen LogP contribution in [-0.4, -0.2) is 18.5 Å². The van der Waals surface area contributed by atoms with Crippen molar-refractivity contribution >= 4 is 5.91 Å². The second-order valence-corrected chi connectivity index (χ2v) is 3.70. The summed E-state index contributed by atoms with van der Waals surface area (Å²) in [6.07, 6.45) is 2.51. The number of carbonyl (C=O) groups is 1. The molecule has 0 saturated heterocycles. The maximum absolute atomic E-state index is 10.4. The molecule has 3 nitrogen and oxygen atoms in total. The highest BCUT2D eigenvalue weighted by Crippen LogP contribution is 2.06. The first-order chi connectivity index (χ1) is 6.07. The van der Waals surface area contributed by atoms with Gasteiger partial charge in [-0.1, -0.05) is 20.3 Å². The molecule has 0 aliphatic carbocycles. The fourth-order valence-corrected chi connectivity index (χ4v) is 1.15. The Morgan fingerprint density at radius 3 is 2.54 bits per heavy atom. The summed E-state index contributed by atoms with van der Waals surface area (Å²) in [6, 6.07) is 0.526. The summed E-state index contributed by atoms with van der Waals surface area (Å²) in [6.45, 7) is 7.48. The standard InChI is InChI=1S/C10H22N2O/c1-4-8(2)9(3)12-7-5-6-10(11)13/h8-9,12H,4-7H2,1-3H3,(H2,11,13). The first-order valence-electron chi connectivity index (χ1n) is 5.09. The molecule has 0 spiro atoms. The molecular formula is C10H22N2O. The van der Waals surface area contributed by atoms with Gasteiger partial charge in [-0.15, -0.1) is 0 Å². The van der Waals surface area contributed by atoms with Crippen molar-refractivity contribution in [1.82, 2.24) is 5.32 Å². The predicted molar refractivity (Wildman–Crippen MR) is 55.3 cm³/mol. The molecule has 0 bridgehead atoms. The topological polar surface area (TPSA) is 55.1 Å². The summed E-state index contributed by atoms with van der Waals surface area (Å²) >= 11 is 0. The lowest BCUT2D eigenvalue weighted by Gasteiger charge is -2.19. The number of rotatable bonds is 7. The van der Waals surface area contributed by atoms with Crippen LogP contribution in [0.2, 0.25) is 0 Å². The third-order valence-corrected chi connectivity index (χ3v) is 2.56. The predicted octanol–water partition coefficient (Wildman–Crippen LogP) is 1.28. The fraction of sp³-hybridized carbons (Fsp3) is 0.900. The van der Waals surface area contributed by atoms with Crippen molar-refractivity contribution in [3.63, 3.8) is 0 Å². The van der Waals surface area contributed by atoms with Gasteiger partial charge in [-0.2, -0.15) is 0 Å². The summed E-state index contributed by atoms with van der Waals surface area (Å²) in [5.74, 6) is 0.478. The maximum atomic E-state index is 10.4. The van der Waals surface area contributed by atoms with Crippen LogP contribution in [0.15, 0.2) is 0 Å². The van der Waals surface area contributed by atoms with Crippen molar-refractivity contribution < 1.29 is 4.79 Å². The zero-order chi connectivity index (χ0) is 10.3. The van der Waals surface area contributed by atoms with Gasteiger partial charge >= 0.3 is 0 Å². The van der Waals surface area contributed by atoms with Crippen LogP contribution >= 0.6 is 0 Å². The van der Waals surface area contributed by atoms with E-state index in [0.717, 1.165) is 13.0 Å². The van der Waals surface area contributed by atoms with Gasteiger partial charge in [-0.05, 0) is 25.8 Å². The first kappa shape index (κ1) is 12.4. The largest absolute Gasteiger partial charge is 0.370 e. The highest BCUT2D eigenvalue weighted by Gasteiger charge is 2.08. The smallest absolute Gasteiger partial charge is 0.217 e. The van der Waals surface area contributed by atoms with Crippen LogP contribution in [0.25, 0.3) is 0 Å². The molecule has 0 saturated carbocycles. The van der Waals surface area contributed by atoms with Crippen molar-refractivity contribution in [2.45, 2.75) is 46.1 Å². The highest BCUT2D eigenvalue weighted by atomic mass is 16.1. The van der Waals surface area contributed by atoms with Crippen LogP contribution in [0.3, 0.4) is 0 Å². The number of hydrogen-bond donors (Lipinski definition) is 2. The van der Waals surface area contributed by atoms with Gasteiger partial charge in [-0.3, -0.25) is 4.79 Å². The third-order valence-electron chi connectivity index (χ3n) is 2.56. The number of primary amides is 1. The SMILES string of the molecule is CCC(C)C(C)NCCCC(N)=O. The summed E-state index contributed by atoms with van der Waals surface area (Å²) in [7, 11) is 0. The molecule has 3 heteroatoms. The van der Waals surface area contributed by atoms with Crippen LogP contribution in [0.4, 0.5) is 0 Å². The third kappa shape index (κ3) is 6.58.